The van der Waals surface area contributed by atoms with Gasteiger partial charge in [0.2, 0.25) is 17.7 Å². The molecule has 0 aromatic rings. The third-order valence-electron chi connectivity index (χ3n) is 5.36. The van der Waals surface area contributed by atoms with E-state index in [1.807, 2.05) is 34.6 Å². The fourth-order valence-electron chi connectivity index (χ4n) is 3.47. The van der Waals surface area contributed by atoms with E-state index in [0.29, 0.717) is 38.0 Å². The second-order valence-corrected chi connectivity index (χ2v) is 11.1. The number of unbranched alkanes of at least 4 members (excludes halogenated alkanes) is 1. The second-order valence-electron chi connectivity index (χ2n) is 9.66. The van der Waals surface area contributed by atoms with Crippen molar-refractivity contribution < 1.29 is 24.3 Å². The molecule has 0 aromatic heterocycles. The molecule has 0 aliphatic heterocycles. The summed E-state index contributed by atoms with van der Waals surface area (Å²) in [6, 6.07) is -3.57. The molecule has 0 aliphatic rings. The van der Waals surface area contributed by atoms with Crippen LogP contribution in [0, 0.1) is 11.8 Å². The van der Waals surface area contributed by atoms with Gasteiger partial charge in [-0.2, -0.15) is 11.8 Å². The van der Waals surface area contributed by atoms with Crippen molar-refractivity contribution in [3.8, 4) is 0 Å². The van der Waals surface area contributed by atoms with Crippen LogP contribution in [0.4, 0.5) is 0 Å². The van der Waals surface area contributed by atoms with Gasteiger partial charge in [0, 0.05) is 0 Å². The molecule has 35 heavy (non-hydrogen) atoms. The van der Waals surface area contributed by atoms with E-state index in [1.54, 1.807) is 11.8 Å². The number of thioether (sulfide) groups is 1. The lowest BCUT2D eigenvalue weighted by Crippen LogP contribution is -2.57. The number of hydrogen-bond acceptors (Lipinski definition) is 7. The highest BCUT2D eigenvalue weighted by Crippen LogP contribution is 2.11. The number of carboxylic acid groups (broad SMARTS) is 1. The van der Waals surface area contributed by atoms with Gasteiger partial charge in [0.1, 0.15) is 18.1 Å². The molecule has 0 saturated heterocycles. The highest BCUT2D eigenvalue weighted by molar-refractivity contribution is 7.99. The lowest BCUT2D eigenvalue weighted by Gasteiger charge is -2.27. The molecule has 0 aliphatic carbocycles. The van der Waals surface area contributed by atoms with Crippen molar-refractivity contribution in [1.29, 1.82) is 0 Å². The maximum atomic E-state index is 13.1. The van der Waals surface area contributed by atoms with Gasteiger partial charge >= 0.3 is 5.97 Å². The Kier molecular flexibility index (Phi) is 17.4. The lowest BCUT2D eigenvalue weighted by atomic mass is 9.99. The van der Waals surface area contributed by atoms with Crippen molar-refractivity contribution >= 4 is 35.5 Å². The monoisotopic (exact) mass is 517 g/mol. The van der Waals surface area contributed by atoms with Crippen molar-refractivity contribution in [2.24, 2.45) is 23.3 Å². The maximum absolute atomic E-state index is 13.1. The van der Waals surface area contributed by atoms with E-state index in [1.165, 1.54) is 0 Å². The Bertz CT molecular complexity index is 662. The summed E-state index contributed by atoms with van der Waals surface area (Å²) in [5.74, 6) is -0.951. The Morgan fingerprint density at radius 3 is 1.71 bits per heavy atom. The average Bonchev–Trinajstić information content (AvgIpc) is 2.76. The Hall–Kier alpha value is -1.85. The summed E-state index contributed by atoms with van der Waals surface area (Å²) >= 11 is 1.59. The lowest BCUT2D eigenvalue weighted by molar-refractivity contribution is -0.142. The minimum Gasteiger partial charge on any atom is -0.480 e. The van der Waals surface area contributed by atoms with Crippen LogP contribution in [0.3, 0.4) is 0 Å². The SMILES string of the molecule is CCSCC[C@H](NC(=O)[C@H](CC(C)C)NC(=O)[C@H](CC(C)C)NC(=O)[C@@H](N)CCCCN)C(=O)O. The number of aliphatic carboxylic acids is 1. The van der Waals surface area contributed by atoms with Crippen LogP contribution in [0.2, 0.25) is 0 Å². The Morgan fingerprint density at radius 1 is 0.800 bits per heavy atom. The van der Waals surface area contributed by atoms with Crippen LogP contribution >= 0.6 is 11.8 Å². The van der Waals surface area contributed by atoms with E-state index in [9.17, 15) is 24.3 Å². The first-order chi connectivity index (χ1) is 16.4. The van der Waals surface area contributed by atoms with Gasteiger partial charge in [0.05, 0.1) is 6.04 Å². The van der Waals surface area contributed by atoms with E-state index in [4.69, 9.17) is 11.5 Å². The zero-order valence-corrected chi connectivity index (χ0v) is 22.8. The molecule has 8 N–H and O–H groups in total. The van der Waals surface area contributed by atoms with Crippen molar-refractivity contribution in [3.05, 3.63) is 0 Å². The first kappa shape index (κ1) is 33.1. The van der Waals surface area contributed by atoms with Crippen molar-refractivity contribution in [2.75, 3.05) is 18.1 Å². The number of carboxylic acids is 1. The number of carbonyl (C=O) groups excluding carboxylic acids is 3. The summed E-state index contributed by atoms with van der Waals surface area (Å²) in [7, 11) is 0. The van der Waals surface area contributed by atoms with Gasteiger partial charge in [-0.25, -0.2) is 4.79 Å². The summed E-state index contributed by atoms with van der Waals surface area (Å²) in [5, 5.41) is 17.5. The van der Waals surface area contributed by atoms with Crippen molar-refractivity contribution in [1.82, 2.24) is 16.0 Å². The normalized spacial score (nSPS) is 14.8. The molecule has 0 heterocycles. The smallest absolute Gasteiger partial charge is 0.326 e. The van der Waals surface area contributed by atoms with Gasteiger partial charge < -0.3 is 32.5 Å². The topological polar surface area (TPSA) is 177 Å². The molecule has 0 spiro atoms. The molecule has 0 saturated carbocycles. The third-order valence-corrected chi connectivity index (χ3v) is 6.29. The summed E-state index contributed by atoms with van der Waals surface area (Å²) in [5.41, 5.74) is 11.5. The predicted molar refractivity (Wildman–Crippen MR) is 141 cm³/mol. The summed E-state index contributed by atoms with van der Waals surface area (Å²) in [6.45, 7) is 10.2. The maximum Gasteiger partial charge on any atom is 0.326 e. The van der Waals surface area contributed by atoms with Crippen LogP contribution in [0.1, 0.15) is 73.1 Å². The minimum atomic E-state index is -1.11. The number of hydrogen-bond donors (Lipinski definition) is 6. The Labute approximate surface area is 214 Å². The fraction of sp³-hybridized carbons (Fsp3) is 0.833. The molecule has 0 rings (SSSR count). The largest absolute Gasteiger partial charge is 0.480 e. The van der Waals surface area contributed by atoms with Gasteiger partial charge in [-0.3, -0.25) is 14.4 Å². The van der Waals surface area contributed by atoms with Crippen molar-refractivity contribution in [2.45, 2.75) is 97.3 Å². The van der Waals surface area contributed by atoms with Gasteiger partial charge in [-0.1, -0.05) is 41.0 Å². The summed E-state index contributed by atoms with van der Waals surface area (Å²) in [4.78, 5) is 50.3. The molecular formula is C24H47N5O5S. The summed E-state index contributed by atoms with van der Waals surface area (Å²) in [6.07, 6.45) is 2.92. The predicted octanol–water partition coefficient (Wildman–Crippen LogP) is 1.22. The molecule has 11 heteroatoms. The molecule has 0 bridgehead atoms. The molecule has 204 valence electrons. The van der Waals surface area contributed by atoms with Crippen LogP contribution in [0.25, 0.3) is 0 Å². The van der Waals surface area contributed by atoms with Gasteiger partial charge in [-0.15, -0.1) is 0 Å². The van der Waals surface area contributed by atoms with Crippen LogP contribution in [0.5, 0.6) is 0 Å². The zero-order chi connectivity index (χ0) is 27.0. The van der Waals surface area contributed by atoms with Gasteiger partial charge in [0.25, 0.3) is 0 Å². The molecule has 10 nitrogen and oxygen atoms in total. The molecule has 4 atom stereocenters. The Balaban J connectivity index is 5.38. The Morgan fingerprint density at radius 2 is 1.29 bits per heavy atom. The zero-order valence-electron chi connectivity index (χ0n) is 22.0. The summed E-state index contributed by atoms with van der Waals surface area (Å²) < 4.78 is 0. The number of carbonyl (C=O) groups is 4. The number of amides is 3. The van der Waals surface area contributed by atoms with E-state index < -0.39 is 47.9 Å². The first-order valence-electron chi connectivity index (χ1n) is 12.6. The second kappa shape index (κ2) is 18.4. The fourth-order valence-corrected chi connectivity index (χ4v) is 4.16. The molecule has 3 amide bonds. The molecule has 0 unspecified atom stereocenters. The average molecular weight is 518 g/mol. The minimum absolute atomic E-state index is 0.0686. The third kappa shape index (κ3) is 15.0. The quantitative estimate of drug-likeness (QED) is 0.138. The highest BCUT2D eigenvalue weighted by atomic mass is 32.2. The van der Waals surface area contributed by atoms with Crippen molar-refractivity contribution in [3.63, 3.8) is 0 Å². The van der Waals surface area contributed by atoms with E-state index in [2.05, 4.69) is 16.0 Å². The van der Waals surface area contributed by atoms with E-state index in [0.717, 1.165) is 12.2 Å². The molecule has 0 aromatic carbocycles. The number of nitrogens with one attached hydrogen (secondary N) is 3. The molecular weight excluding hydrogens is 470 g/mol. The first-order valence-corrected chi connectivity index (χ1v) is 13.8. The highest BCUT2D eigenvalue weighted by Gasteiger charge is 2.31. The van der Waals surface area contributed by atoms with Gasteiger partial charge in [-0.05, 0) is 62.0 Å². The van der Waals surface area contributed by atoms with Crippen LogP contribution in [-0.4, -0.2) is 71.0 Å². The van der Waals surface area contributed by atoms with Crippen LogP contribution in [-0.2, 0) is 19.2 Å². The van der Waals surface area contributed by atoms with E-state index >= 15 is 0 Å². The van der Waals surface area contributed by atoms with Crippen LogP contribution in [0.15, 0.2) is 0 Å². The van der Waals surface area contributed by atoms with Crippen LogP contribution < -0.4 is 27.4 Å². The van der Waals surface area contributed by atoms with Gasteiger partial charge in [0.15, 0.2) is 0 Å². The molecule has 0 fully saturated rings. The van der Waals surface area contributed by atoms with E-state index in [-0.39, 0.29) is 18.3 Å². The number of rotatable bonds is 19. The molecule has 0 radical (unpaired) electrons. The number of nitrogens with two attached hydrogens (primary N) is 2. The standard InChI is InChI=1S/C24H47N5O5S/c1-6-35-12-10-18(24(33)34)27-22(31)20(14-16(4)5)29-23(32)19(13-15(2)3)28-21(30)17(26)9-7-8-11-25/h15-20H,6-14,25-26H2,1-5H3,(H,27,31)(H,28,30)(H,29,32)(H,33,34)/t17-,18-,19-,20-/m0/s1.